The number of hydrogen-bond acceptors (Lipinski definition) is 7. The quantitative estimate of drug-likeness (QED) is 0.631. The van der Waals surface area contributed by atoms with Crippen LogP contribution < -0.4 is 14.8 Å². The molecule has 8 nitrogen and oxygen atoms in total. The summed E-state index contributed by atoms with van der Waals surface area (Å²) in [4.78, 5) is 12.3. The van der Waals surface area contributed by atoms with Gasteiger partial charge in [-0.2, -0.15) is 14.4 Å². The van der Waals surface area contributed by atoms with Gasteiger partial charge in [-0.15, -0.1) is 0 Å². The Balaban J connectivity index is 1.63. The number of hydrogen-bond donors (Lipinski definition) is 1. The van der Waals surface area contributed by atoms with E-state index in [-0.39, 0.29) is 6.23 Å². The van der Waals surface area contributed by atoms with Gasteiger partial charge in [0, 0.05) is 18.7 Å². The van der Waals surface area contributed by atoms with Crippen LogP contribution in [0.2, 0.25) is 0 Å². The van der Waals surface area contributed by atoms with Gasteiger partial charge in [0.25, 0.3) is 0 Å². The number of para-hydroxylation sites is 1. The second-order valence-electron chi connectivity index (χ2n) is 6.85. The summed E-state index contributed by atoms with van der Waals surface area (Å²) in [5.41, 5.74) is 1.77. The first-order chi connectivity index (χ1) is 14.2. The molecule has 1 atom stereocenters. The van der Waals surface area contributed by atoms with Crippen molar-refractivity contribution in [3.05, 3.63) is 36.2 Å². The van der Waals surface area contributed by atoms with E-state index in [1.165, 1.54) is 0 Å². The van der Waals surface area contributed by atoms with Crippen LogP contribution >= 0.6 is 0 Å². The van der Waals surface area contributed by atoms with E-state index in [2.05, 4.69) is 20.3 Å². The van der Waals surface area contributed by atoms with Gasteiger partial charge in [0.15, 0.2) is 28.5 Å². The van der Waals surface area contributed by atoms with Crippen molar-refractivity contribution in [3.8, 4) is 11.5 Å². The average Bonchev–Trinajstić information content (AvgIpc) is 2.97. The van der Waals surface area contributed by atoms with Crippen molar-refractivity contribution in [2.24, 2.45) is 0 Å². The van der Waals surface area contributed by atoms with E-state index in [0.717, 1.165) is 31.2 Å². The Morgan fingerprint density at radius 1 is 1.21 bits per heavy atom. The zero-order valence-electron chi connectivity index (χ0n) is 16.5. The van der Waals surface area contributed by atoms with Gasteiger partial charge in [-0.3, -0.25) is 4.57 Å². The second kappa shape index (κ2) is 8.60. The molecule has 2 aromatic heterocycles. The third-order valence-corrected chi connectivity index (χ3v) is 5.04. The Kier molecular flexibility index (Phi) is 5.75. The third kappa shape index (κ3) is 3.95. The normalized spacial score (nSPS) is 17.1. The van der Waals surface area contributed by atoms with Crippen LogP contribution in [0.25, 0.3) is 11.2 Å². The summed E-state index contributed by atoms with van der Waals surface area (Å²) in [6.45, 7) is 1.04. The van der Waals surface area contributed by atoms with Crippen molar-refractivity contribution >= 4 is 17.0 Å². The lowest BCUT2D eigenvalue weighted by molar-refractivity contribution is 0.00928. The molecular weight excluding hydrogens is 377 g/mol. The molecule has 0 amide bonds. The highest BCUT2D eigenvalue weighted by molar-refractivity contribution is 5.82. The number of nitrogens with zero attached hydrogens (tertiary/aromatic N) is 4. The molecule has 0 saturated carbocycles. The fourth-order valence-corrected chi connectivity index (χ4v) is 3.62. The number of methoxy groups -OCH3 is 2. The van der Waals surface area contributed by atoms with Gasteiger partial charge in [-0.1, -0.05) is 18.6 Å². The number of imidazole rings is 1. The number of rotatable bonds is 6. The Morgan fingerprint density at radius 3 is 2.93 bits per heavy atom. The minimum Gasteiger partial charge on any atom is -0.493 e. The molecule has 0 aliphatic carbocycles. The summed E-state index contributed by atoms with van der Waals surface area (Å²) in [6, 6.07) is 5.59. The summed E-state index contributed by atoms with van der Waals surface area (Å²) in [6.07, 6.45) is 4.70. The molecule has 9 heteroatoms. The maximum Gasteiger partial charge on any atom is 0.312 e. The van der Waals surface area contributed by atoms with Crippen molar-refractivity contribution in [2.75, 3.05) is 26.1 Å². The molecule has 0 spiro atoms. The van der Waals surface area contributed by atoms with Crippen molar-refractivity contribution in [1.29, 1.82) is 0 Å². The van der Waals surface area contributed by atoms with Crippen LogP contribution in [0.5, 0.6) is 11.5 Å². The molecule has 1 saturated heterocycles. The van der Waals surface area contributed by atoms with Crippen molar-refractivity contribution < 1.29 is 18.6 Å². The van der Waals surface area contributed by atoms with E-state index < -0.39 is 6.08 Å². The van der Waals surface area contributed by atoms with Gasteiger partial charge in [-0.25, -0.2) is 4.98 Å². The van der Waals surface area contributed by atoms with Gasteiger partial charge >= 0.3 is 6.08 Å². The first kappa shape index (κ1) is 19.4. The molecule has 29 heavy (non-hydrogen) atoms. The van der Waals surface area contributed by atoms with Crippen LogP contribution in [0.4, 0.5) is 10.2 Å². The monoisotopic (exact) mass is 401 g/mol. The van der Waals surface area contributed by atoms with Gasteiger partial charge in [0.05, 0.1) is 20.5 Å². The first-order valence-corrected chi connectivity index (χ1v) is 9.66. The van der Waals surface area contributed by atoms with Gasteiger partial charge in [0.2, 0.25) is 0 Å². The minimum absolute atomic E-state index is 0.192. The summed E-state index contributed by atoms with van der Waals surface area (Å²) in [7, 11) is 3.17. The highest BCUT2D eigenvalue weighted by Crippen LogP contribution is 2.32. The summed E-state index contributed by atoms with van der Waals surface area (Å²) in [5.74, 6) is 1.57. The number of benzene rings is 1. The van der Waals surface area contributed by atoms with Crippen molar-refractivity contribution in [1.82, 2.24) is 19.5 Å². The topological polar surface area (TPSA) is 83.3 Å². The lowest BCUT2D eigenvalue weighted by atomic mass is 10.2. The van der Waals surface area contributed by atoms with E-state index in [1.807, 2.05) is 18.2 Å². The van der Waals surface area contributed by atoms with E-state index >= 15 is 0 Å². The minimum atomic E-state index is -0.812. The highest BCUT2D eigenvalue weighted by Gasteiger charge is 2.21. The molecule has 1 aromatic carbocycles. The van der Waals surface area contributed by atoms with Crippen molar-refractivity contribution in [2.45, 2.75) is 38.5 Å². The van der Waals surface area contributed by atoms with Crippen molar-refractivity contribution in [3.63, 3.8) is 0 Å². The van der Waals surface area contributed by atoms with Crippen LogP contribution in [-0.2, 0) is 11.3 Å². The molecule has 1 aliphatic heterocycles. The van der Waals surface area contributed by atoms with E-state index in [4.69, 9.17) is 14.2 Å². The first-order valence-electron chi connectivity index (χ1n) is 9.66. The third-order valence-electron chi connectivity index (χ3n) is 5.04. The van der Waals surface area contributed by atoms with E-state index in [0.29, 0.717) is 41.6 Å². The number of fused-ring (bicyclic) bond motifs is 1. The predicted molar refractivity (Wildman–Crippen MR) is 106 cm³/mol. The van der Waals surface area contributed by atoms with E-state index in [1.54, 1.807) is 25.1 Å². The molecule has 154 valence electrons. The molecule has 3 heterocycles. The van der Waals surface area contributed by atoms with Crippen LogP contribution in [0.1, 0.15) is 37.5 Å². The van der Waals surface area contributed by atoms with Crippen LogP contribution in [0, 0.1) is 6.08 Å². The van der Waals surface area contributed by atoms with Gasteiger partial charge in [-0.05, 0) is 25.3 Å². The maximum absolute atomic E-state index is 14.2. The maximum atomic E-state index is 14.2. The van der Waals surface area contributed by atoms with Crippen LogP contribution in [0.3, 0.4) is 0 Å². The molecule has 0 radical (unpaired) electrons. The molecule has 1 unspecified atom stereocenters. The number of aromatic nitrogens is 4. The number of halogens is 1. The molecule has 1 N–H and O–H groups in total. The number of ether oxygens (including phenoxy) is 3. The Morgan fingerprint density at radius 2 is 2.10 bits per heavy atom. The Labute approximate surface area is 168 Å². The van der Waals surface area contributed by atoms with Crippen LogP contribution in [-0.4, -0.2) is 40.3 Å². The number of nitrogens with one attached hydrogen (secondary N) is 1. The smallest absolute Gasteiger partial charge is 0.312 e. The SMILES string of the molecule is COc1cccc(CNc2nc(F)nc3c2ncn3C2CCCCCO2)c1OC. The molecular formula is C20H24FN5O3. The molecule has 1 fully saturated rings. The zero-order chi connectivity index (χ0) is 20.2. The molecule has 0 bridgehead atoms. The summed E-state index contributed by atoms with van der Waals surface area (Å²) in [5, 5.41) is 3.16. The summed E-state index contributed by atoms with van der Waals surface area (Å²) < 4.78 is 32.7. The number of anilines is 1. The predicted octanol–water partition coefficient (Wildman–Crippen LogP) is 3.68. The van der Waals surface area contributed by atoms with Crippen LogP contribution in [0.15, 0.2) is 24.5 Å². The molecule has 3 aromatic rings. The van der Waals surface area contributed by atoms with E-state index in [9.17, 15) is 4.39 Å². The fraction of sp³-hybridized carbons (Fsp3) is 0.450. The Bertz CT molecular complexity index is 986. The largest absolute Gasteiger partial charge is 0.493 e. The summed E-state index contributed by atoms with van der Waals surface area (Å²) >= 11 is 0. The Hall–Kier alpha value is -2.94. The molecule has 1 aliphatic rings. The fourth-order valence-electron chi connectivity index (χ4n) is 3.62. The highest BCUT2D eigenvalue weighted by atomic mass is 19.1. The lowest BCUT2D eigenvalue weighted by Crippen LogP contribution is -2.12. The van der Waals surface area contributed by atoms with Gasteiger partial charge in [0.1, 0.15) is 6.23 Å². The molecule has 4 rings (SSSR count). The second-order valence-corrected chi connectivity index (χ2v) is 6.85. The lowest BCUT2D eigenvalue weighted by Gasteiger charge is -2.17. The average molecular weight is 401 g/mol. The zero-order valence-corrected chi connectivity index (χ0v) is 16.5. The standard InChI is InChI=1S/C20H24FN5O3/c1-27-14-8-6-7-13(17(14)28-2)11-22-18-16-19(25-20(21)24-18)26(12-23-16)15-9-4-3-5-10-29-15/h6-8,12,15H,3-5,9-11H2,1-2H3,(H,22,24,25). The van der Waals surface area contributed by atoms with Gasteiger partial charge < -0.3 is 19.5 Å².